The summed E-state index contributed by atoms with van der Waals surface area (Å²) in [4.78, 5) is 0. The number of benzene rings is 1. The molecule has 0 heterocycles. The van der Waals surface area contributed by atoms with Gasteiger partial charge >= 0.3 is 51.4 Å². The molecule has 0 saturated carbocycles. The zero-order valence-corrected chi connectivity index (χ0v) is 8.90. The third-order valence-corrected chi connectivity index (χ3v) is 0.937. The number of phenolic OH excluding ortho intramolecular Hbond substituents is 1. The van der Waals surface area contributed by atoms with Crippen LogP contribution in [0.5, 0.6) is 5.75 Å². The molecule has 1 aromatic carbocycles. The van der Waals surface area contributed by atoms with Gasteiger partial charge in [-0.3, -0.25) is 0 Å². The first kappa shape index (κ1) is 13.0. The van der Waals surface area contributed by atoms with Crippen LogP contribution < -0.4 is 57.1 Å². The van der Waals surface area contributed by atoms with Crippen LogP contribution in [0.15, 0.2) is 24.3 Å². The number of nitrogen functional groups attached to an aromatic ring is 1. The van der Waals surface area contributed by atoms with Crippen molar-refractivity contribution in [3.05, 3.63) is 24.3 Å². The van der Waals surface area contributed by atoms with E-state index in [2.05, 4.69) is 0 Å². The maximum atomic E-state index is 8.79. The Labute approximate surface area is 102 Å². The van der Waals surface area contributed by atoms with Crippen LogP contribution in [0.2, 0.25) is 0 Å². The number of anilines is 1. The molecule has 0 radical (unpaired) electrons. The van der Waals surface area contributed by atoms with Crippen LogP contribution in [-0.4, -0.2) is 10.6 Å². The van der Waals surface area contributed by atoms with Crippen molar-refractivity contribution in [2.45, 2.75) is 0 Å². The standard InChI is InChI=1S/C6H7NO.K.H2O/c7-5-3-1-2-4-6(5)8;;/h1-4,8H,7H2;;1H2/q;+1;/p-1. The first-order valence-electron chi connectivity index (χ1n) is 2.34. The molecule has 4 heteroatoms. The van der Waals surface area contributed by atoms with Crippen LogP contribution in [0.4, 0.5) is 5.69 Å². The molecule has 0 spiro atoms. The average molecular weight is 165 g/mol. The molecule has 0 aliphatic heterocycles. The minimum absolute atomic E-state index is 0. The quantitative estimate of drug-likeness (QED) is 0.260. The Hall–Kier alpha value is 0.416. The molecular formula is C6H8KNO2. The van der Waals surface area contributed by atoms with E-state index in [-0.39, 0.29) is 62.6 Å². The molecule has 0 unspecified atom stereocenters. The zero-order valence-electron chi connectivity index (χ0n) is 5.78. The van der Waals surface area contributed by atoms with E-state index in [4.69, 9.17) is 10.8 Å². The molecule has 3 nitrogen and oxygen atoms in total. The molecule has 0 aromatic heterocycles. The summed E-state index contributed by atoms with van der Waals surface area (Å²) in [6, 6.07) is 6.70. The Morgan fingerprint density at radius 2 is 1.70 bits per heavy atom. The van der Waals surface area contributed by atoms with Gasteiger partial charge in [-0.05, 0) is 12.1 Å². The number of nitrogens with two attached hydrogens (primary N) is 1. The topological polar surface area (TPSA) is 76.2 Å². The summed E-state index contributed by atoms with van der Waals surface area (Å²) < 4.78 is 0. The predicted molar refractivity (Wildman–Crippen MR) is 34.5 cm³/mol. The molecule has 0 amide bonds. The third kappa shape index (κ3) is 3.55. The molecule has 0 atom stereocenters. The van der Waals surface area contributed by atoms with Crippen molar-refractivity contribution in [3.63, 3.8) is 0 Å². The van der Waals surface area contributed by atoms with Gasteiger partial charge in [-0.15, -0.1) is 0 Å². The number of hydrogen-bond acceptors (Lipinski definition) is 3. The molecule has 0 fully saturated rings. The van der Waals surface area contributed by atoms with Crippen molar-refractivity contribution in [3.8, 4) is 5.75 Å². The van der Waals surface area contributed by atoms with Gasteiger partial charge in [0.2, 0.25) is 0 Å². The Balaban J connectivity index is 0. The molecule has 0 aliphatic carbocycles. The van der Waals surface area contributed by atoms with Gasteiger partial charge in [0.25, 0.3) is 0 Å². The predicted octanol–water partition coefficient (Wildman–Crippen LogP) is -2.20. The second-order valence-corrected chi connectivity index (χ2v) is 1.56. The van der Waals surface area contributed by atoms with E-state index >= 15 is 0 Å². The zero-order chi connectivity index (χ0) is 5.98. The molecule has 0 bridgehead atoms. The molecule has 0 aliphatic rings. The third-order valence-electron chi connectivity index (χ3n) is 0.937. The molecule has 1 rings (SSSR count). The van der Waals surface area contributed by atoms with Gasteiger partial charge < -0.3 is 16.3 Å². The second-order valence-electron chi connectivity index (χ2n) is 1.56. The molecule has 1 aromatic rings. The summed E-state index contributed by atoms with van der Waals surface area (Å²) in [5, 5.41) is 8.79. The molecule has 50 valence electrons. The van der Waals surface area contributed by atoms with Gasteiger partial charge in [-0.1, -0.05) is 12.1 Å². The first-order valence-corrected chi connectivity index (χ1v) is 2.34. The number of para-hydroxylation sites is 2. The molecule has 4 N–H and O–H groups in total. The normalized spacial score (nSPS) is 7.20. The Bertz CT molecular complexity index is 172. The molecule has 0 saturated heterocycles. The van der Waals surface area contributed by atoms with E-state index in [0.29, 0.717) is 5.69 Å². The Morgan fingerprint density at radius 3 is 2.00 bits per heavy atom. The summed E-state index contributed by atoms with van der Waals surface area (Å²) in [7, 11) is 0. The monoisotopic (exact) mass is 165 g/mol. The Kier molecular flexibility index (Phi) is 8.02. The summed E-state index contributed by atoms with van der Waals surface area (Å²) in [6.45, 7) is 0. The van der Waals surface area contributed by atoms with Crippen molar-refractivity contribution in [1.29, 1.82) is 0 Å². The molecule has 10 heavy (non-hydrogen) atoms. The van der Waals surface area contributed by atoms with Gasteiger partial charge in [0.05, 0.1) is 5.69 Å². The van der Waals surface area contributed by atoms with E-state index in [1.54, 1.807) is 24.3 Å². The van der Waals surface area contributed by atoms with Gasteiger partial charge in [0.15, 0.2) is 0 Å². The van der Waals surface area contributed by atoms with E-state index in [9.17, 15) is 0 Å². The number of phenols is 1. The van der Waals surface area contributed by atoms with Crippen molar-refractivity contribution >= 4 is 5.69 Å². The largest absolute Gasteiger partial charge is 1.00 e. The summed E-state index contributed by atoms with van der Waals surface area (Å²) in [5.41, 5.74) is 5.69. The van der Waals surface area contributed by atoms with Crippen molar-refractivity contribution in [2.75, 3.05) is 5.73 Å². The maximum Gasteiger partial charge on any atom is 1.00 e. The van der Waals surface area contributed by atoms with Gasteiger partial charge in [0, 0.05) is 0 Å². The number of aromatic hydroxyl groups is 1. The summed E-state index contributed by atoms with van der Waals surface area (Å²) in [6.07, 6.45) is 0. The van der Waals surface area contributed by atoms with E-state index in [1.807, 2.05) is 0 Å². The SMILES string of the molecule is Nc1ccccc1O.[K+].[OH-]. The maximum absolute atomic E-state index is 8.79. The van der Waals surface area contributed by atoms with E-state index < -0.39 is 0 Å². The minimum Gasteiger partial charge on any atom is -0.870 e. The van der Waals surface area contributed by atoms with Gasteiger partial charge in [-0.2, -0.15) is 0 Å². The number of hydrogen-bond donors (Lipinski definition) is 2. The number of rotatable bonds is 0. The Morgan fingerprint density at radius 1 is 1.20 bits per heavy atom. The van der Waals surface area contributed by atoms with Crippen LogP contribution >= 0.6 is 0 Å². The van der Waals surface area contributed by atoms with E-state index in [1.165, 1.54) is 0 Å². The summed E-state index contributed by atoms with van der Waals surface area (Å²) >= 11 is 0. The fraction of sp³-hybridized carbons (Fsp3) is 0. The van der Waals surface area contributed by atoms with Crippen molar-refractivity contribution in [1.82, 2.24) is 0 Å². The fourth-order valence-corrected chi connectivity index (χ4v) is 0.488. The van der Waals surface area contributed by atoms with Crippen LogP contribution in [0.1, 0.15) is 0 Å². The first-order chi connectivity index (χ1) is 3.80. The van der Waals surface area contributed by atoms with E-state index in [0.717, 1.165) is 0 Å². The smallest absolute Gasteiger partial charge is 0.870 e. The van der Waals surface area contributed by atoms with Gasteiger partial charge in [0.1, 0.15) is 5.75 Å². The van der Waals surface area contributed by atoms with Crippen molar-refractivity contribution < 1.29 is 62.0 Å². The van der Waals surface area contributed by atoms with Crippen LogP contribution in [0.25, 0.3) is 0 Å². The second kappa shape index (κ2) is 6.15. The van der Waals surface area contributed by atoms with Crippen molar-refractivity contribution in [2.24, 2.45) is 0 Å². The molecular weight excluding hydrogens is 157 g/mol. The minimum atomic E-state index is 0. The summed E-state index contributed by atoms with van der Waals surface area (Å²) in [5.74, 6) is 0.146. The fourth-order valence-electron chi connectivity index (χ4n) is 0.488. The average Bonchev–Trinajstić information content (AvgIpc) is 1.77. The van der Waals surface area contributed by atoms with Crippen LogP contribution in [0.3, 0.4) is 0 Å². The van der Waals surface area contributed by atoms with Crippen LogP contribution in [0, 0.1) is 0 Å². The van der Waals surface area contributed by atoms with Crippen LogP contribution in [-0.2, 0) is 0 Å². The van der Waals surface area contributed by atoms with Gasteiger partial charge in [-0.25, -0.2) is 0 Å².